The highest BCUT2D eigenvalue weighted by Crippen LogP contribution is 2.32. The monoisotopic (exact) mass is 245 g/mol. The summed E-state index contributed by atoms with van der Waals surface area (Å²) >= 11 is 0. The van der Waals surface area contributed by atoms with E-state index in [0.29, 0.717) is 5.69 Å². The van der Waals surface area contributed by atoms with Gasteiger partial charge >= 0.3 is 0 Å². The van der Waals surface area contributed by atoms with Crippen molar-refractivity contribution < 1.29 is 4.79 Å². The first-order valence-corrected chi connectivity index (χ1v) is 6.04. The topological polar surface area (TPSA) is 66.8 Å². The third kappa shape index (κ3) is 1.79. The Labute approximate surface area is 105 Å². The SMILES string of the molecule is Cn1cc([C@@H]2CCCN2C(=O)c2ccn[nH]2)cn1. The summed E-state index contributed by atoms with van der Waals surface area (Å²) in [5.41, 5.74) is 1.65. The number of aromatic amines is 1. The second-order valence-corrected chi connectivity index (χ2v) is 4.57. The maximum Gasteiger partial charge on any atom is 0.272 e. The van der Waals surface area contributed by atoms with Crippen molar-refractivity contribution in [3.63, 3.8) is 0 Å². The first-order valence-electron chi connectivity index (χ1n) is 6.04. The van der Waals surface area contributed by atoms with E-state index in [2.05, 4.69) is 15.3 Å². The molecule has 0 unspecified atom stereocenters. The van der Waals surface area contributed by atoms with Crippen molar-refractivity contribution in [2.24, 2.45) is 7.05 Å². The summed E-state index contributed by atoms with van der Waals surface area (Å²) in [6.07, 6.45) is 7.43. The molecule has 1 saturated heterocycles. The number of aryl methyl sites for hydroxylation is 1. The predicted molar refractivity (Wildman–Crippen MR) is 64.8 cm³/mol. The third-order valence-corrected chi connectivity index (χ3v) is 3.35. The molecule has 2 aromatic rings. The molecule has 0 aliphatic carbocycles. The van der Waals surface area contributed by atoms with Crippen molar-refractivity contribution in [1.29, 1.82) is 0 Å². The summed E-state index contributed by atoms with van der Waals surface area (Å²) in [6, 6.07) is 1.84. The highest BCUT2D eigenvalue weighted by molar-refractivity contribution is 5.92. The van der Waals surface area contributed by atoms with Gasteiger partial charge in [-0.3, -0.25) is 14.6 Å². The molecule has 1 aliphatic heterocycles. The number of hydrogen-bond acceptors (Lipinski definition) is 3. The Morgan fingerprint density at radius 2 is 2.44 bits per heavy atom. The lowest BCUT2D eigenvalue weighted by Crippen LogP contribution is -2.30. The van der Waals surface area contributed by atoms with Crippen LogP contribution in [0.3, 0.4) is 0 Å². The van der Waals surface area contributed by atoms with Crippen LogP contribution < -0.4 is 0 Å². The molecule has 0 bridgehead atoms. The van der Waals surface area contributed by atoms with Gasteiger partial charge in [0.1, 0.15) is 5.69 Å². The molecule has 1 amide bonds. The van der Waals surface area contributed by atoms with Crippen LogP contribution in [0.2, 0.25) is 0 Å². The van der Waals surface area contributed by atoms with Crippen LogP contribution in [-0.4, -0.2) is 37.3 Å². The average Bonchev–Trinajstić information content (AvgIpc) is 3.09. The van der Waals surface area contributed by atoms with Crippen LogP contribution in [0.25, 0.3) is 0 Å². The lowest BCUT2D eigenvalue weighted by atomic mass is 10.1. The molecule has 1 atom stereocenters. The number of nitrogens with one attached hydrogen (secondary N) is 1. The maximum absolute atomic E-state index is 12.3. The molecule has 94 valence electrons. The molecular formula is C12H15N5O. The molecule has 1 aliphatic rings. The summed E-state index contributed by atoms with van der Waals surface area (Å²) in [5, 5.41) is 10.7. The predicted octanol–water partition coefficient (Wildman–Crippen LogP) is 1.12. The van der Waals surface area contributed by atoms with Gasteiger partial charge in [-0.15, -0.1) is 0 Å². The van der Waals surface area contributed by atoms with Crippen molar-refractivity contribution in [3.05, 3.63) is 35.9 Å². The van der Waals surface area contributed by atoms with Crippen LogP contribution in [0.5, 0.6) is 0 Å². The number of carbonyl (C=O) groups excluding carboxylic acids is 1. The molecule has 6 heteroatoms. The first kappa shape index (κ1) is 11.0. The number of aromatic nitrogens is 4. The van der Waals surface area contributed by atoms with Crippen LogP contribution in [0.1, 0.15) is 34.9 Å². The van der Waals surface area contributed by atoms with Gasteiger partial charge < -0.3 is 4.90 Å². The van der Waals surface area contributed by atoms with E-state index in [1.807, 2.05) is 24.3 Å². The molecule has 1 fully saturated rings. The van der Waals surface area contributed by atoms with Crippen LogP contribution in [0, 0.1) is 0 Å². The lowest BCUT2D eigenvalue weighted by Gasteiger charge is -2.23. The van der Waals surface area contributed by atoms with E-state index >= 15 is 0 Å². The van der Waals surface area contributed by atoms with Crippen molar-refractivity contribution in [2.45, 2.75) is 18.9 Å². The molecule has 18 heavy (non-hydrogen) atoms. The Bertz CT molecular complexity index is 545. The van der Waals surface area contributed by atoms with Crippen molar-refractivity contribution in [3.8, 4) is 0 Å². The fourth-order valence-corrected chi connectivity index (χ4v) is 2.50. The van der Waals surface area contributed by atoms with Gasteiger partial charge in [-0.1, -0.05) is 0 Å². The third-order valence-electron chi connectivity index (χ3n) is 3.35. The number of nitrogens with zero attached hydrogens (tertiary/aromatic N) is 4. The molecule has 0 saturated carbocycles. The summed E-state index contributed by atoms with van der Waals surface area (Å²) < 4.78 is 1.77. The van der Waals surface area contributed by atoms with Gasteiger partial charge in [-0.25, -0.2) is 0 Å². The molecule has 0 aromatic carbocycles. The number of likely N-dealkylation sites (tertiary alicyclic amines) is 1. The van der Waals surface area contributed by atoms with Crippen LogP contribution in [-0.2, 0) is 7.05 Å². The zero-order chi connectivity index (χ0) is 12.5. The van der Waals surface area contributed by atoms with Crippen molar-refractivity contribution in [2.75, 3.05) is 6.54 Å². The fourth-order valence-electron chi connectivity index (χ4n) is 2.50. The Kier molecular flexibility index (Phi) is 2.62. The van der Waals surface area contributed by atoms with E-state index in [-0.39, 0.29) is 11.9 Å². The van der Waals surface area contributed by atoms with Crippen molar-refractivity contribution in [1.82, 2.24) is 24.9 Å². The lowest BCUT2D eigenvalue weighted by molar-refractivity contribution is 0.0729. The highest BCUT2D eigenvalue weighted by Gasteiger charge is 2.31. The van der Waals surface area contributed by atoms with Gasteiger partial charge in [0.2, 0.25) is 0 Å². The quantitative estimate of drug-likeness (QED) is 0.862. The smallest absolute Gasteiger partial charge is 0.272 e. The number of carbonyl (C=O) groups is 1. The molecule has 3 rings (SSSR count). The largest absolute Gasteiger partial charge is 0.330 e. The molecular weight excluding hydrogens is 230 g/mol. The fraction of sp³-hybridized carbons (Fsp3) is 0.417. The molecule has 3 heterocycles. The van der Waals surface area contributed by atoms with E-state index in [1.54, 1.807) is 16.9 Å². The zero-order valence-electron chi connectivity index (χ0n) is 10.2. The standard InChI is InChI=1S/C12H15N5O/c1-16-8-9(7-14-16)11-3-2-6-17(11)12(18)10-4-5-13-15-10/h4-5,7-8,11H,2-3,6H2,1H3,(H,13,15)/t11-/m0/s1. The first-order chi connectivity index (χ1) is 8.75. The zero-order valence-corrected chi connectivity index (χ0v) is 10.2. The van der Waals surface area contributed by atoms with Gasteiger partial charge in [-0.2, -0.15) is 10.2 Å². The molecule has 6 nitrogen and oxygen atoms in total. The number of H-pyrrole nitrogens is 1. The average molecular weight is 245 g/mol. The van der Waals surface area contributed by atoms with E-state index in [9.17, 15) is 4.79 Å². The minimum Gasteiger partial charge on any atom is -0.330 e. The molecule has 1 N–H and O–H groups in total. The van der Waals surface area contributed by atoms with E-state index in [1.165, 1.54) is 0 Å². The number of rotatable bonds is 2. The molecule has 0 spiro atoms. The molecule has 0 radical (unpaired) electrons. The van der Waals surface area contributed by atoms with Gasteiger partial charge in [0.25, 0.3) is 5.91 Å². The van der Waals surface area contributed by atoms with Crippen LogP contribution >= 0.6 is 0 Å². The minimum atomic E-state index is 0.0128. The van der Waals surface area contributed by atoms with Gasteiger partial charge in [0.15, 0.2) is 0 Å². The van der Waals surface area contributed by atoms with E-state index in [4.69, 9.17) is 0 Å². The number of hydrogen-bond donors (Lipinski definition) is 1. The van der Waals surface area contributed by atoms with Crippen LogP contribution in [0.15, 0.2) is 24.7 Å². The summed E-state index contributed by atoms with van der Waals surface area (Å²) in [6.45, 7) is 0.789. The van der Waals surface area contributed by atoms with E-state index < -0.39 is 0 Å². The Balaban J connectivity index is 1.85. The van der Waals surface area contributed by atoms with Gasteiger partial charge in [0, 0.05) is 31.5 Å². The Hall–Kier alpha value is -2.11. The van der Waals surface area contributed by atoms with Crippen LogP contribution in [0.4, 0.5) is 0 Å². The Morgan fingerprint density at radius 1 is 1.56 bits per heavy atom. The second-order valence-electron chi connectivity index (χ2n) is 4.57. The normalized spacial score (nSPS) is 19.4. The van der Waals surface area contributed by atoms with Gasteiger partial charge in [-0.05, 0) is 18.9 Å². The highest BCUT2D eigenvalue weighted by atomic mass is 16.2. The molecule has 2 aromatic heterocycles. The Morgan fingerprint density at radius 3 is 3.11 bits per heavy atom. The summed E-state index contributed by atoms with van der Waals surface area (Å²) in [4.78, 5) is 14.2. The maximum atomic E-state index is 12.3. The van der Waals surface area contributed by atoms with Crippen molar-refractivity contribution >= 4 is 5.91 Å². The van der Waals surface area contributed by atoms with Gasteiger partial charge in [0.05, 0.1) is 12.2 Å². The van der Waals surface area contributed by atoms with E-state index in [0.717, 1.165) is 24.9 Å². The second kappa shape index (κ2) is 4.29. The minimum absolute atomic E-state index is 0.0128. The number of amides is 1. The summed E-state index contributed by atoms with van der Waals surface area (Å²) in [5.74, 6) is 0.0128. The summed E-state index contributed by atoms with van der Waals surface area (Å²) in [7, 11) is 1.89.